The van der Waals surface area contributed by atoms with E-state index >= 15 is 0 Å². The SMILES string of the molecule is CC(C)(C)OC(=O)N1CCC(c2ccc(NC(=O)[C@H]3CCNC3)cc2)CC1. The number of hydrogen-bond donors (Lipinski definition) is 2. The van der Waals surface area contributed by atoms with Crippen molar-refractivity contribution >= 4 is 17.7 Å². The number of rotatable bonds is 3. The van der Waals surface area contributed by atoms with Crippen LogP contribution in [0.3, 0.4) is 0 Å². The molecule has 2 fully saturated rings. The van der Waals surface area contributed by atoms with Crippen LogP contribution in [-0.2, 0) is 9.53 Å². The summed E-state index contributed by atoms with van der Waals surface area (Å²) in [4.78, 5) is 26.2. The lowest BCUT2D eigenvalue weighted by atomic mass is 9.89. The van der Waals surface area contributed by atoms with E-state index in [9.17, 15) is 9.59 Å². The molecule has 148 valence electrons. The topological polar surface area (TPSA) is 70.7 Å². The molecule has 2 saturated heterocycles. The molecule has 1 atom stereocenters. The number of anilines is 1. The van der Waals surface area contributed by atoms with Crippen molar-refractivity contribution in [3.05, 3.63) is 29.8 Å². The Kier molecular flexibility index (Phi) is 6.05. The predicted molar refractivity (Wildman–Crippen MR) is 106 cm³/mol. The largest absolute Gasteiger partial charge is 0.444 e. The molecule has 0 unspecified atom stereocenters. The lowest BCUT2D eigenvalue weighted by Gasteiger charge is -2.33. The quantitative estimate of drug-likeness (QED) is 0.852. The van der Waals surface area contributed by atoms with E-state index in [1.165, 1.54) is 5.56 Å². The van der Waals surface area contributed by atoms with Gasteiger partial charge < -0.3 is 20.3 Å². The van der Waals surface area contributed by atoms with Gasteiger partial charge in [-0.3, -0.25) is 4.79 Å². The second-order valence-corrected chi connectivity index (χ2v) is 8.54. The lowest BCUT2D eigenvalue weighted by Crippen LogP contribution is -2.41. The van der Waals surface area contributed by atoms with Gasteiger partial charge in [0.25, 0.3) is 0 Å². The van der Waals surface area contributed by atoms with Crippen LogP contribution < -0.4 is 10.6 Å². The molecule has 6 heteroatoms. The van der Waals surface area contributed by atoms with Crippen LogP contribution in [0.4, 0.5) is 10.5 Å². The molecule has 0 aromatic heterocycles. The molecular weight excluding hydrogens is 342 g/mol. The molecule has 1 aromatic carbocycles. The van der Waals surface area contributed by atoms with Crippen molar-refractivity contribution in [1.29, 1.82) is 0 Å². The molecule has 0 radical (unpaired) electrons. The number of hydrogen-bond acceptors (Lipinski definition) is 4. The van der Waals surface area contributed by atoms with E-state index < -0.39 is 5.60 Å². The van der Waals surface area contributed by atoms with Gasteiger partial charge in [0.1, 0.15) is 5.60 Å². The Morgan fingerprint density at radius 3 is 2.33 bits per heavy atom. The first kappa shape index (κ1) is 19.7. The number of benzene rings is 1. The molecule has 2 N–H and O–H groups in total. The molecular formula is C21H31N3O3. The Morgan fingerprint density at radius 2 is 1.78 bits per heavy atom. The van der Waals surface area contributed by atoms with Crippen LogP contribution in [0.15, 0.2) is 24.3 Å². The highest BCUT2D eigenvalue weighted by Gasteiger charge is 2.27. The summed E-state index contributed by atoms with van der Waals surface area (Å²) in [7, 11) is 0. The summed E-state index contributed by atoms with van der Waals surface area (Å²) in [5.41, 5.74) is 1.66. The maximum atomic E-state index is 12.2. The van der Waals surface area contributed by atoms with Crippen molar-refractivity contribution in [3.63, 3.8) is 0 Å². The molecule has 2 aliphatic rings. The Labute approximate surface area is 161 Å². The third-order valence-corrected chi connectivity index (χ3v) is 5.23. The van der Waals surface area contributed by atoms with Crippen molar-refractivity contribution in [2.24, 2.45) is 5.92 Å². The Hall–Kier alpha value is -2.08. The number of nitrogens with zero attached hydrogens (tertiary/aromatic N) is 1. The van der Waals surface area contributed by atoms with Crippen LogP contribution in [0.2, 0.25) is 0 Å². The molecule has 0 bridgehead atoms. The van der Waals surface area contributed by atoms with Gasteiger partial charge in [-0.25, -0.2) is 4.79 Å². The average molecular weight is 373 g/mol. The summed E-state index contributed by atoms with van der Waals surface area (Å²) in [6.45, 7) is 8.78. The minimum absolute atomic E-state index is 0.0712. The number of nitrogens with one attached hydrogen (secondary N) is 2. The molecule has 2 amide bonds. The van der Waals surface area contributed by atoms with E-state index in [0.29, 0.717) is 19.0 Å². The zero-order valence-corrected chi connectivity index (χ0v) is 16.6. The van der Waals surface area contributed by atoms with Crippen LogP contribution in [-0.4, -0.2) is 48.7 Å². The normalized spacial score (nSPS) is 21.1. The molecule has 3 rings (SSSR count). The summed E-state index contributed by atoms with van der Waals surface area (Å²) in [6, 6.07) is 8.15. The Bertz CT molecular complexity index is 652. The summed E-state index contributed by atoms with van der Waals surface area (Å²) >= 11 is 0. The second-order valence-electron chi connectivity index (χ2n) is 8.54. The summed E-state index contributed by atoms with van der Waals surface area (Å²) in [6.07, 6.45) is 2.54. The first-order valence-corrected chi connectivity index (χ1v) is 9.91. The average Bonchev–Trinajstić information content (AvgIpc) is 3.16. The second kappa shape index (κ2) is 8.30. The lowest BCUT2D eigenvalue weighted by molar-refractivity contribution is -0.119. The fraction of sp³-hybridized carbons (Fsp3) is 0.619. The highest BCUT2D eigenvalue weighted by molar-refractivity contribution is 5.92. The number of piperidine rings is 1. The maximum absolute atomic E-state index is 12.2. The van der Waals surface area contributed by atoms with Gasteiger partial charge in [0.2, 0.25) is 5.91 Å². The fourth-order valence-corrected chi connectivity index (χ4v) is 3.68. The van der Waals surface area contributed by atoms with E-state index in [1.54, 1.807) is 4.90 Å². The monoisotopic (exact) mass is 373 g/mol. The molecule has 27 heavy (non-hydrogen) atoms. The number of likely N-dealkylation sites (tertiary alicyclic amines) is 1. The van der Waals surface area contributed by atoms with E-state index in [4.69, 9.17) is 4.74 Å². The summed E-state index contributed by atoms with van der Waals surface area (Å²) < 4.78 is 5.46. The zero-order chi connectivity index (χ0) is 19.4. The smallest absolute Gasteiger partial charge is 0.410 e. The minimum Gasteiger partial charge on any atom is -0.444 e. The molecule has 6 nitrogen and oxygen atoms in total. The van der Waals surface area contributed by atoms with Crippen molar-refractivity contribution in [3.8, 4) is 0 Å². The van der Waals surface area contributed by atoms with Gasteiger partial charge in [-0.1, -0.05) is 12.1 Å². The van der Waals surface area contributed by atoms with Crippen LogP contribution in [0.1, 0.15) is 51.5 Å². The van der Waals surface area contributed by atoms with Gasteiger partial charge >= 0.3 is 6.09 Å². The van der Waals surface area contributed by atoms with Crippen molar-refractivity contribution in [1.82, 2.24) is 10.2 Å². The van der Waals surface area contributed by atoms with Crippen LogP contribution in [0.25, 0.3) is 0 Å². The van der Waals surface area contributed by atoms with Gasteiger partial charge in [0.15, 0.2) is 0 Å². The van der Waals surface area contributed by atoms with Gasteiger partial charge in [-0.05, 0) is 70.2 Å². The zero-order valence-electron chi connectivity index (χ0n) is 16.6. The number of carbonyl (C=O) groups excluding carboxylic acids is 2. The summed E-state index contributed by atoms with van der Waals surface area (Å²) in [5.74, 6) is 0.604. The third kappa shape index (κ3) is 5.45. The molecule has 2 aliphatic heterocycles. The Balaban J connectivity index is 1.50. The first-order valence-electron chi connectivity index (χ1n) is 9.91. The van der Waals surface area contributed by atoms with Crippen LogP contribution in [0.5, 0.6) is 0 Å². The minimum atomic E-state index is -0.456. The van der Waals surface area contributed by atoms with E-state index in [2.05, 4.69) is 22.8 Å². The first-order chi connectivity index (χ1) is 12.8. The van der Waals surface area contributed by atoms with Gasteiger partial charge in [0.05, 0.1) is 5.92 Å². The number of amides is 2. The molecule has 2 heterocycles. The molecule has 0 spiro atoms. The summed E-state index contributed by atoms with van der Waals surface area (Å²) in [5, 5.41) is 6.23. The van der Waals surface area contributed by atoms with Crippen molar-refractivity contribution in [2.45, 2.75) is 51.6 Å². The molecule has 0 saturated carbocycles. The highest BCUT2D eigenvalue weighted by Crippen LogP contribution is 2.29. The van der Waals surface area contributed by atoms with Crippen LogP contribution in [0, 0.1) is 5.92 Å². The van der Waals surface area contributed by atoms with Gasteiger partial charge in [-0.15, -0.1) is 0 Å². The maximum Gasteiger partial charge on any atom is 0.410 e. The van der Waals surface area contributed by atoms with Crippen molar-refractivity contribution in [2.75, 3.05) is 31.5 Å². The van der Waals surface area contributed by atoms with E-state index in [1.807, 2.05) is 32.9 Å². The predicted octanol–water partition coefficient (Wildman–Crippen LogP) is 3.35. The highest BCUT2D eigenvalue weighted by atomic mass is 16.6. The molecule has 0 aliphatic carbocycles. The van der Waals surface area contributed by atoms with Crippen LogP contribution >= 0.6 is 0 Å². The van der Waals surface area contributed by atoms with Gasteiger partial charge in [-0.2, -0.15) is 0 Å². The van der Waals surface area contributed by atoms with E-state index in [-0.39, 0.29) is 17.9 Å². The van der Waals surface area contributed by atoms with Crippen molar-refractivity contribution < 1.29 is 14.3 Å². The third-order valence-electron chi connectivity index (χ3n) is 5.23. The standard InChI is InChI=1S/C21H31N3O3/c1-21(2,3)27-20(26)24-12-9-16(10-13-24)15-4-6-18(7-5-15)23-19(25)17-8-11-22-14-17/h4-7,16-17,22H,8-14H2,1-3H3,(H,23,25)/t17-/m0/s1. The number of ether oxygens (including phenoxy) is 1. The Morgan fingerprint density at radius 1 is 1.11 bits per heavy atom. The fourth-order valence-electron chi connectivity index (χ4n) is 3.68. The van der Waals surface area contributed by atoms with Gasteiger partial charge in [0, 0.05) is 25.3 Å². The molecule has 1 aromatic rings. The van der Waals surface area contributed by atoms with E-state index in [0.717, 1.165) is 38.0 Å². The number of carbonyl (C=O) groups is 2.